The number of carbonyl (C=O) groups is 2. The molecule has 1 heterocycles. The number of benzene rings is 2. The van der Waals surface area contributed by atoms with Gasteiger partial charge in [-0.25, -0.2) is 9.37 Å². The first kappa shape index (κ1) is 22.4. The SMILES string of the molecule is CC(C)CNC(=O)C(Cc1ccccc1)NC(=O)c1csc(Nc2ccc(F)cc2)n1. The fourth-order valence-electron chi connectivity index (χ4n) is 2.81. The molecule has 0 aliphatic carbocycles. The van der Waals surface area contributed by atoms with Gasteiger partial charge in [-0.05, 0) is 35.7 Å². The first-order chi connectivity index (χ1) is 14.9. The summed E-state index contributed by atoms with van der Waals surface area (Å²) in [5.41, 5.74) is 1.83. The lowest BCUT2D eigenvalue weighted by molar-refractivity contribution is -0.123. The molecule has 3 aromatic rings. The van der Waals surface area contributed by atoms with Crippen molar-refractivity contribution in [2.24, 2.45) is 5.92 Å². The second-order valence-corrected chi connectivity index (χ2v) is 8.38. The van der Waals surface area contributed by atoms with E-state index in [4.69, 9.17) is 0 Å². The van der Waals surface area contributed by atoms with E-state index >= 15 is 0 Å². The van der Waals surface area contributed by atoms with E-state index in [-0.39, 0.29) is 17.4 Å². The summed E-state index contributed by atoms with van der Waals surface area (Å²) in [4.78, 5) is 29.8. The largest absolute Gasteiger partial charge is 0.354 e. The van der Waals surface area contributed by atoms with Crippen LogP contribution in [0.15, 0.2) is 60.0 Å². The smallest absolute Gasteiger partial charge is 0.271 e. The molecule has 0 spiro atoms. The average Bonchev–Trinajstić information content (AvgIpc) is 3.22. The first-order valence-corrected chi connectivity index (χ1v) is 10.9. The third kappa shape index (κ3) is 6.89. The predicted octanol–water partition coefficient (Wildman–Crippen LogP) is 4.14. The minimum absolute atomic E-state index is 0.212. The monoisotopic (exact) mass is 440 g/mol. The Kier molecular flexibility index (Phi) is 7.72. The normalized spacial score (nSPS) is 11.7. The van der Waals surface area contributed by atoms with Crippen molar-refractivity contribution in [1.82, 2.24) is 15.6 Å². The Hall–Kier alpha value is -3.26. The minimum atomic E-state index is -0.719. The number of halogens is 1. The van der Waals surface area contributed by atoms with E-state index in [0.29, 0.717) is 29.7 Å². The molecule has 3 rings (SSSR count). The molecule has 0 radical (unpaired) electrons. The number of thiazole rings is 1. The minimum Gasteiger partial charge on any atom is -0.354 e. The molecular weight excluding hydrogens is 415 g/mol. The number of nitrogens with one attached hydrogen (secondary N) is 3. The van der Waals surface area contributed by atoms with Gasteiger partial charge in [-0.1, -0.05) is 44.2 Å². The molecule has 0 fully saturated rings. The number of nitrogens with zero attached hydrogens (tertiary/aromatic N) is 1. The molecule has 0 saturated heterocycles. The molecular formula is C23H25FN4O2S. The van der Waals surface area contributed by atoms with Gasteiger partial charge < -0.3 is 16.0 Å². The molecule has 31 heavy (non-hydrogen) atoms. The van der Waals surface area contributed by atoms with Crippen LogP contribution in [0.5, 0.6) is 0 Å². The third-order valence-electron chi connectivity index (χ3n) is 4.42. The maximum atomic E-state index is 13.1. The van der Waals surface area contributed by atoms with Gasteiger partial charge in [0.25, 0.3) is 5.91 Å². The predicted molar refractivity (Wildman–Crippen MR) is 121 cm³/mol. The lowest BCUT2D eigenvalue weighted by Crippen LogP contribution is -2.48. The number of rotatable bonds is 9. The van der Waals surface area contributed by atoms with Gasteiger partial charge in [-0.3, -0.25) is 9.59 Å². The molecule has 2 amide bonds. The van der Waals surface area contributed by atoms with E-state index in [1.807, 2.05) is 44.2 Å². The summed E-state index contributed by atoms with van der Waals surface area (Å²) in [7, 11) is 0. The van der Waals surface area contributed by atoms with Crippen LogP contribution in [-0.4, -0.2) is 29.4 Å². The van der Waals surface area contributed by atoms with E-state index in [1.54, 1.807) is 17.5 Å². The van der Waals surface area contributed by atoms with Crippen LogP contribution in [-0.2, 0) is 11.2 Å². The van der Waals surface area contributed by atoms with Crippen LogP contribution in [0.25, 0.3) is 0 Å². The fraction of sp³-hybridized carbons (Fsp3) is 0.261. The zero-order valence-electron chi connectivity index (χ0n) is 17.4. The number of anilines is 2. The molecule has 1 atom stereocenters. The van der Waals surface area contributed by atoms with Crippen LogP contribution in [0, 0.1) is 11.7 Å². The number of aromatic nitrogens is 1. The van der Waals surface area contributed by atoms with Crippen molar-refractivity contribution in [3.05, 3.63) is 77.1 Å². The quantitative estimate of drug-likeness (QED) is 0.467. The Morgan fingerprint density at radius 1 is 1.06 bits per heavy atom. The van der Waals surface area contributed by atoms with E-state index in [2.05, 4.69) is 20.9 Å². The molecule has 2 aromatic carbocycles. The molecule has 6 nitrogen and oxygen atoms in total. The standard InChI is InChI=1S/C23H25FN4O2S/c1-15(2)13-25-21(29)19(12-16-6-4-3-5-7-16)27-22(30)20-14-31-23(28-20)26-18-10-8-17(24)9-11-18/h3-11,14-15,19H,12-13H2,1-2H3,(H,25,29)(H,26,28)(H,27,30). The van der Waals surface area contributed by atoms with E-state index in [1.165, 1.54) is 23.5 Å². The summed E-state index contributed by atoms with van der Waals surface area (Å²) >= 11 is 1.25. The molecule has 8 heteroatoms. The maximum Gasteiger partial charge on any atom is 0.271 e. The van der Waals surface area contributed by atoms with Crippen molar-refractivity contribution < 1.29 is 14.0 Å². The Bertz CT molecular complexity index is 1010. The van der Waals surface area contributed by atoms with Gasteiger partial charge in [0.05, 0.1) is 0 Å². The topological polar surface area (TPSA) is 83.1 Å². The van der Waals surface area contributed by atoms with Gasteiger partial charge in [0, 0.05) is 24.0 Å². The van der Waals surface area contributed by atoms with Crippen molar-refractivity contribution in [2.45, 2.75) is 26.3 Å². The highest BCUT2D eigenvalue weighted by atomic mass is 32.1. The highest BCUT2D eigenvalue weighted by molar-refractivity contribution is 7.14. The second kappa shape index (κ2) is 10.7. The Morgan fingerprint density at radius 2 is 1.77 bits per heavy atom. The summed E-state index contributed by atoms with van der Waals surface area (Å²) in [6.45, 7) is 4.55. The van der Waals surface area contributed by atoms with Gasteiger partial charge in [0.15, 0.2) is 5.13 Å². The van der Waals surface area contributed by atoms with Gasteiger partial charge in [0.1, 0.15) is 17.6 Å². The lowest BCUT2D eigenvalue weighted by Gasteiger charge is -2.19. The fourth-order valence-corrected chi connectivity index (χ4v) is 3.52. The van der Waals surface area contributed by atoms with Gasteiger partial charge in [-0.2, -0.15) is 0 Å². The molecule has 0 saturated carbocycles. The van der Waals surface area contributed by atoms with Crippen molar-refractivity contribution in [2.75, 3.05) is 11.9 Å². The highest BCUT2D eigenvalue weighted by Crippen LogP contribution is 2.21. The van der Waals surface area contributed by atoms with E-state index in [9.17, 15) is 14.0 Å². The molecule has 1 unspecified atom stereocenters. The molecule has 0 aliphatic rings. The highest BCUT2D eigenvalue weighted by Gasteiger charge is 2.23. The number of hydrogen-bond acceptors (Lipinski definition) is 5. The Balaban J connectivity index is 1.68. The number of carbonyl (C=O) groups excluding carboxylic acids is 2. The Morgan fingerprint density at radius 3 is 2.45 bits per heavy atom. The van der Waals surface area contributed by atoms with Crippen molar-refractivity contribution in [1.29, 1.82) is 0 Å². The van der Waals surface area contributed by atoms with Crippen LogP contribution in [0.4, 0.5) is 15.2 Å². The van der Waals surface area contributed by atoms with Gasteiger partial charge in [0.2, 0.25) is 5.91 Å². The average molecular weight is 441 g/mol. The zero-order chi connectivity index (χ0) is 22.2. The van der Waals surface area contributed by atoms with Crippen molar-refractivity contribution in [3.8, 4) is 0 Å². The number of hydrogen-bond donors (Lipinski definition) is 3. The van der Waals surface area contributed by atoms with Crippen molar-refractivity contribution >= 4 is 34.0 Å². The summed E-state index contributed by atoms with van der Waals surface area (Å²) < 4.78 is 13.1. The van der Waals surface area contributed by atoms with Gasteiger partial charge in [-0.15, -0.1) is 11.3 Å². The van der Waals surface area contributed by atoms with Crippen LogP contribution in [0.1, 0.15) is 29.9 Å². The van der Waals surface area contributed by atoms with Gasteiger partial charge >= 0.3 is 0 Å². The van der Waals surface area contributed by atoms with E-state index < -0.39 is 11.9 Å². The van der Waals surface area contributed by atoms with Crippen LogP contribution >= 0.6 is 11.3 Å². The van der Waals surface area contributed by atoms with E-state index in [0.717, 1.165) is 5.56 Å². The zero-order valence-corrected chi connectivity index (χ0v) is 18.2. The summed E-state index contributed by atoms with van der Waals surface area (Å²) in [6.07, 6.45) is 0.376. The Labute approximate surface area is 184 Å². The van der Waals surface area contributed by atoms with Crippen LogP contribution in [0.3, 0.4) is 0 Å². The molecule has 0 bridgehead atoms. The summed E-state index contributed by atoms with van der Waals surface area (Å²) in [5, 5.41) is 10.8. The molecule has 162 valence electrons. The lowest BCUT2D eigenvalue weighted by atomic mass is 10.0. The second-order valence-electron chi connectivity index (χ2n) is 7.52. The first-order valence-electron chi connectivity index (χ1n) is 10.0. The van der Waals surface area contributed by atoms with Crippen molar-refractivity contribution in [3.63, 3.8) is 0 Å². The molecule has 1 aromatic heterocycles. The maximum absolute atomic E-state index is 13.1. The van der Waals surface area contributed by atoms with Crippen LogP contribution in [0.2, 0.25) is 0 Å². The number of amides is 2. The summed E-state index contributed by atoms with van der Waals surface area (Å²) in [6, 6.07) is 14.7. The van der Waals surface area contributed by atoms with Crippen LogP contribution < -0.4 is 16.0 Å². The molecule has 0 aliphatic heterocycles. The summed E-state index contributed by atoms with van der Waals surface area (Å²) in [5.74, 6) is -0.685. The molecule has 3 N–H and O–H groups in total. The third-order valence-corrected chi connectivity index (χ3v) is 5.18.